The summed E-state index contributed by atoms with van der Waals surface area (Å²) in [6.45, 7) is 6.16. The van der Waals surface area contributed by atoms with Crippen molar-refractivity contribution in [2.75, 3.05) is 10.6 Å². The fourth-order valence-electron chi connectivity index (χ4n) is 2.29. The molecule has 0 aliphatic heterocycles. The van der Waals surface area contributed by atoms with E-state index >= 15 is 0 Å². The van der Waals surface area contributed by atoms with Gasteiger partial charge in [-0.3, -0.25) is 0 Å². The first-order valence-electron chi connectivity index (χ1n) is 6.52. The molecule has 0 saturated heterocycles. The SMILES string of the molecule is Cc1nc(NC(C)C)cc(NC2CCCC2)n1. The molecule has 4 heteroatoms. The van der Waals surface area contributed by atoms with Gasteiger partial charge in [0.05, 0.1) is 0 Å². The van der Waals surface area contributed by atoms with E-state index in [0.29, 0.717) is 12.1 Å². The lowest BCUT2D eigenvalue weighted by atomic mass is 10.2. The van der Waals surface area contributed by atoms with Crippen LogP contribution in [-0.2, 0) is 0 Å². The Balaban J connectivity index is 2.07. The second-order valence-corrected chi connectivity index (χ2v) is 5.11. The maximum absolute atomic E-state index is 4.44. The molecule has 2 rings (SSSR count). The minimum atomic E-state index is 0.392. The molecule has 2 N–H and O–H groups in total. The molecule has 0 aromatic carbocycles. The van der Waals surface area contributed by atoms with Gasteiger partial charge in [-0.2, -0.15) is 0 Å². The van der Waals surface area contributed by atoms with Gasteiger partial charge in [0.1, 0.15) is 17.5 Å². The third kappa shape index (κ3) is 3.58. The third-order valence-electron chi connectivity index (χ3n) is 2.98. The fraction of sp³-hybridized carbons (Fsp3) is 0.692. The van der Waals surface area contributed by atoms with Crippen molar-refractivity contribution in [3.8, 4) is 0 Å². The lowest BCUT2D eigenvalue weighted by molar-refractivity contribution is 0.748. The van der Waals surface area contributed by atoms with Crippen LogP contribution in [0.15, 0.2) is 6.07 Å². The average molecular weight is 234 g/mol. The molecule has 1 aromatic rings. The number of rotatable bonds is 4. The highest BCUT2D eigenvalue weighted by atomic mass is 15.1. The summed E-state index contributed by atoms with van der Waals surface area (Å²) in [7, 11) is 0. The molecule has 94 valence electrons. The van der Waals surface area contributed by atoms with Gasteiger partial charge in [-0.25, -0.2) is 9.97 Å². The van der Waals surface area contributed by atoms with E-state index in [1.807, 2.05) is 13.0 Å². The number of aryl methyl sites for hydroxylation is 1. The molecule has 1 aliphatic rings. The van der Waals surface area contributed by atoms with Gasteiger partial charge in [0, 0.05) is 18.2 Å². The summed E-state index contributed by atoms with van der Waals surface area (Å²) in [4.78, 5) is 8.83. The summed E-state index contributed by atoms with van der Waals surface area (Å²) >= 11 is 0. The van der Waals surface area contributed by atoms with Crippen LogP contribution in [0.3, 0.4) is 0 Å². The summed E-state index contributed by atoms with van der Waals surface area (Å²) in [6, 6.07) is 2.99. The van der Waals surface area contributed by atoms with E-state index < -0.39 is 0 Å². The Kier molecular flexibility index (Phi) is 3.82. The molecule has 0 unspecified atom stereocenters. The van der Waals surface area contributed by atoms with E-state index in [9.17, 15) is 0 Å². The number of hydrogen-bond donors (Lipinski definition) is 2. The Labute approximate surface area is 103 Å². The molecular weight excluding hydrogens is 212 g/mol. The molecule has 0 amide bonds. The van der Waals surface area contributed by atoms with Crippen LogP contribution < -0.4 is 10.6 Å². The minimum absolute atomic E-state index is 0.392. The van der Waals surface area contributed by atoms with Crippen molar-refractivity contribution in [3.63, 3.8) is 0 Å². The first-order valence-corrected chi connectivity index (χ1v) is 6.52. The van der Waals surface area contributed by atoms with Gasteiger partial charge in [-0.05, 0) is 33.6 Å². The maximum atomic E-state index is 4.44. The van der Waals surface area contributed by atoms with Gasteiger partial charge in [-0.1, -0.05) is 12.8 Å². The highest BCUT2D eigenvalue weighted by Gasteiger charge is 2.15. The largest absolute Gasteiger partial charge is 0.368 e. The molecule has 0 bridgehead atoms. The van der Waals surface area contributed by atoms with E-state index in [1.165, 1.54) is 25.7 Å². The Morgan fingerprint density at radius 2 is 1.82 bits per heavy atom. The number of nitrogens with one attached hydrogen (secondary N) is 2. The van der Waals surface area contributed by atoms with E-state index in [4.69, 9.17) is 0 Å². The van der Waals surface area contributed by atoms with Crippen molar-refractivity contribution in [1.29, 1.82) is 0 Å². The third-order valence-corrected chi connectivity index (χ3v) is 2.98. The maximum Gasteiger partial charge on any atom is 0.132 e. The molecule has 0 spiro atoms. The molecule has 1 saturated carbocycles. The van der Waals surface area contributed by atoms with Crippen molar-refractivity contribution in [2.45, 2.75) is 58.5 Å². The quantitative estimate of drug-likeness (QED) is 0.841. The lowest BCUT2D eigenvalue weighted by Gasteiger charge is -2.15. The fourth-order valence-corrected chi connectivity index (χ4v) is 2.29. The van der Waals surface area contributed by atoms with Crippen LogP contribution in [0.25, 0.3) is 0 Å². The van der Waals surface area contributed by atoms with Gasteiger partial charge < -0.3 is 10.6 Å². The Morgan fingerprint density at radius 3 is 2.47 bits per heavy atom. The molecule has 1 aromatic heterocycles. The van der Waals surface area contributed by atoms with E-state index in [0.717, 1.165) is 17.5 Å². The van der Waals surface area contributed by atoms with Gasteiger partial charge in [-0.15, -0.1) is 0 Å². The molecule has 0 atom stereocenters. The van der Waals surface area contributed by atoms with Crippen molar-refractivity contribution >= 4 is 11.6 Å². The van der Waals surface area contributed by atoms with Gasteiger partial charge in [0.2, 0.25) is 0 Å². The van der Waals surface area contributed by atoms with Gasteiger partial charge >= 0.3 is 0 Å². The number of anilines is 2. The van der Waals surface area contributed by atoms with E-state index in [-0.39, 0.29) is 0 Å². The van der Waals surface area contributed by atoms with Crippen molar-refractivity contribution < 1.29 is 0 Å². The number of hydrogen-bond acceptors (Lipinski definition) is 4. The van der Waals surface area contributed by atoms with Crippen LogP contribution in [0.1, 0.15) is 45.4 Å². The van der Waals surface area contributed by atoms with Crippen molar-refractivity contribution in [3.05, 3.63) is 11.9 Å². The monoisotopic (exact) mass is 234 g/mol. The second kappa shape index (κ2) is 5.34. The first-order chi connectivity index (χ1) is 8.13. The molecule has 0 radical (unpaired) electrons. The van der Waals surface area contributed by atoms with Crippen LogP contribution in [0.2, 0.25) is 0 Å². The Hall–Kier alpha value is -1.32. The van der Waals surface area contributed by atoms with Crippen LogP contribution in [0.4, 0.5) is 11.6 Å². The average Bonchev–Trinajstić information content (AvgIpc) is 2.67. The molecule has 4 nitrogen and oxygen atoms in total. The Morgan fingerprint density at radius 1 is 1.18 bits per heavy atom. The first kappa shape index (κ1) is 12.1. The molecule has 1 fully saturated rings. The predicted octanol–water partition coefficient (Wildman–Crippen LogP) is 2.96. The second-order valence-electron chi connectivity index (χ2n) is 5.11. The van der Waals surface area contributed by atoms with E-state index in [1.54, 1.807) is 0 Å². The zero-order chi connectivity index (χ0) is 12.3. The van der Waals surface area contributed by atoms with Crippen LogP contribution in [0, 0.1) is 6.92 Å². The zero-order valence-corrected chi connectivity index (χ0v) is 11.0. The van der Waals surface area contributed by atoms with Gasteiger partial charge in [0.25, 0.3) is 0 Å². The molecule has 17 heavy (non-hydrogen) atoms. The molecule has 1 heterocycles. The summed E-state index contributed by atoms with van der Waals surface area (Å²) in [5.41, 5.74) is 0. The topological polar surface area (TPSA) is 49.8 Å². The predicted molar refractivity (Wildman–Crippen MR) is 71.4 cm³/mol. The summed E-state index contributed by atoms with van der Waals surface area (Å²) in [6.07, 6.45) is 5.18. The summed E-state index contributed by atoms with van der Waals surface area (Å²) < 4.78 is 0. The molecule has 1 aliphatic carbocycles. The summed E-state index contributed by atoms with van der Waals surface area (Å²) in [5.74, 6) is 2.68. The van der Waals surface area contributed by atoms with Gasteiger partial charge in [0.15, 0.2) is 0 Å². The number of aromatic nitrogens is 2. The normalized spacial score (nSPS) is 16.5. The van der Waals surface area contributed by atoms with Crippen LogP contribution in [0.5, 0.6) is 0 Å². The van der Waals surface area contributed by atoms with Crippen molar-refractivity contribution in [1.82, 2.24) is 9.97 Å². The minimum Gasteiger partial charge on any atom is -0.368 e. The Bertz CT molecular complexity index is 370. The van der Waals surface area contributed by atoms with Crippen LogP contribution >= 0.6 is 0 Å². The summed E-state index contributed by atoms with van der Waals surface area (Å²) in [5, 5.41) is 6.82. The highest BCUT2D eigenvalue weighted by molar-refractivity contribution is 5.48. The highest BCUT2D eigenvalue weighted by Crippen LogP contribution is 2.22. The zero-order valence-electron chi connectivity index (χ0n) is 11.0. The van der Waals surface area contributed by atoms with E-state index in [2.05, 4.69) is 34.4 Å². The van der Waals surface area contributed by atoms with Crippen LogP contribution in [-0.4, -0.2) is 22.1 Å². The van der Waals surface area contributed by atoms with Crippen molar-refractivity contribution in [2.24, 2.45) is 0 Å². The number of nitrogens with zero attached hydrogens (tertiary/aromatic N) is 2. The standard InChI is InChI=1S/C13H22N4/c1-9(2)14-12-8-13(16-10(3)15-12)17-11-6-4-5-7-11/h8-9,11H,4-7H2,1-3H3,(H2,14,15,16,17). The lowest BCUT2D eigenvalue weighted by Crippen LogP contribution is -2.17. The molecular formula is C13H22N4. The smallest absolute Gasteiger partial charge is 0.132 e.